The number of carboxylic acid groups (broad SMARTS) is 1. The Kier molecular flexibility index (Phi) is 4.28. The first kappa shape index (κ1) is 15.1. The van der Waals surface area contributed by atoms with Crippen molar-refractivity contribution < 1.29 is 18.3 Å². The molecular formula is C15H15NO4S. The van der Waals surface area contributed by atoms with E-state index in [9.17, 15) is 13.2 Å². The highest BCUT2D eigenvalue weighted by molar-refractivity contribution is 7.91. The van der Waals surface area contributed by atoms with Crippen molar-refractivity contribution in [2.75, 3.05) is 11.9 Å². The predicted molar refractivity (Wildman–Crippen MR) is 79.2 cm³/mol. The highest BCUT2D eigenvalue weighted by Crippen LogP contribution is 2.30. The summed E-state index contributed by atoms with van der Waals surface area (Å²) in [5, 5.41) is 11.4. The Morgan fingerprint density at radius 2 is 1.76 bits per heavy atom. The van der Waals surface area contributed by atoms with Crippen LogP contribution in [-0.2, 0) is 14.6 Å². The second-order valence-corrected chi connectivity index (χ2v) is 6.40. The average molecular weight is 305 g/mol. The number of carboxylic acids is 1. The highest BCUT2D eigenvalue weighted by Gasteiger charge is 2.23. The lowest BCUT2D eigenvalue weighted by molar-refractivity contribution is -0.134. The van der Waals surface area contributed by atoms with Crippen LogP contribution in [0.4, 0.5) is 5.69 Å². The van der Waals surface area contributed by atoms with E-state index >= 15 is 0 Å². The minimum Gasteiger partial charge on any atom is -0.480 e. The Bertz CT molecular complexity index is 754. The molecular weight excluding hydrogens is 290 g/mol. The molecule has 0 aliphatic carbocycles. The van der Waals surface area contributed by atoms with E-state index in [2.05, 4.69) is 5.32 Å². The summed E-state index contributed by atoms with van der Waals surface area (Å²) in [6.45, 7) is 1.34. The minimum absolute atomic E-state index is 0.109. The van der Waals surface area contributed by atoms with E-state index in [1.165, 1.54) is 12.1 Å². The number of hydrogen-bond donors (Lipinski definition) is 2. The molecule has 0 aromatic heterocycles. The van der Waals surface area contributed by atoms with Gasteiger partial charge in [-0.05, 0) is 30.7 Å². The van der Waals surface area contributed by atoms with E-state index < -0.39 is 15.8 Å². The Hall–Kier alpha value is -2.34. The van der Waals surface area contributed by atoms with Crippen molar-refractivity contribution in [3.8, 4) is 0 Å². The third-order valence-corrected chi connectivity index (χ3v) is 4.94. The average Bonchev–Trinajstić information content (AvgIpc) is 2.45. The van der Waals surface area contributed by atoms with Crippen molar-refractivity contribution in [2.24, 2.45) is 0 Å². The standard InChI is InChI=1S/C15H15NO4S/c1-11-6-5-9-13(16-10-14(17)18)15(11)21(19,20)12-7-3-2-4-8-12/h2-9,16H,10H2,1H3,(H,17,18). The molecule has 2 rings (SSSR count). The third-order valence-electron chi connectivity index (χ3n) is 2.96. The van der Waals surface area contributed by atoms with Crippen LogP contribution in [0.3, 0.4) is 0 Å². The summed E-state index contributed by atoms with van der Waals surface area (Å²) in [6, 6.07) is 13.0. The van der Waals surface area contributed by atoms with Gasteiger partial charge in [0.1, 0.15) is 6.54 Å². The largest absolute Gasteiger partial charge is 0.480 e. The zero-order valence-electron chi connectivity index (χ0n) is 11.4. The second-order valence-electron chi connectivity index (χ2n) is 4.52. The third kappa shape index (κ3) is 3.22. The van der Waals surface area contributed by atoms with Crippen molar-refractivity contribution in [3.05, 3.63) is 54.1 Å². The van der Waals surface area contributed by atoms with Gasteiger partial charge < -0.3 is 10.4 Å². The molecule has 0 saturated carbocycles. The predicted octanol–water partition coefficient (Wildman–Crippen LogP) is 2.32. The summed E-state index contributed by atoms with van der Waals surface area (Å²) < 4.78 is 25.5. The zero-order valence-corrected chi connectivity index (χ0v) is 12.2. The Labute approximate surface area is 123 Å². The Morgan fingerprint density at radius 3 is 2.38 bits per heavy atom. The topological polar surface area (TPSA) is 83.5 Å². The zero-order chi connectivity index (χ0) is 15.5. The highest BCUT2D eigenvalue weighted by atomic mass is 32.2. The van der Waals surface area contributed by atoms with E-state index in [0.29, 0.717) is 11.3 Å². The van der Waals surface area contributed by atoms with Gasteiger partial charge >= 0.3 is 5.97 Å². The Balaban J connectivity index is 2.55. The molecule has 0 atom stereocenters. The second kappa shape index (κ2) is 5.97. The van der Waals surface area contributed by atoms with Gasteiger partial charge in [0.05, 0.1) is 15.5 Å². The number of sulfone groups is 1. The number of carbonyl (C=O) groups is 1. The molecule has 0 spiro atoms. The molecule has 21 heavy (non-hydrogen) atoms. The summed E-state index contributed by atoms with van der Waals surface area (Å²) in [5.74, 6) is -1.06. The number of anilines is 1. The van der Waals surface area contributed by atoms with Gasteiger partial charge in [-0.1, -0.05) is 30.3 Å². The first-order valence-electron chi connectivity index (χ1n) is 6.28. The molecule has 2 aromatic carbocycles. The van der Waals surface area contributed by atoms with Gasteiger partial charge in [-0.25, -0.2) is 8.42 Å². The van der Waals surface area contributed by atoms with E-state index in [1.54, 1.807) is 43.3 Å². The van der Waals surface area contributed by atoms with Gasteiger partial charge in [-0.3, -0.25) is 4.79 Å². The van der Waals surface area contributed by atoms with Crippen molar-refractivity contribution in [3.63, 3.8) is 0 Å². The van der Waals surface area contributed by atoms with E-state index in [1.807, 2.05) is 0 Å². The monoisotopic (exact) mass is 305 g/mol. The maximum Gasteiger partial charge on any atom is 0.322 e. The number of hydrogen-bond acceptors (Lipinski definition) is 4. The SMILES string of the molecule is Cc1cccc(NCC(=O)O)c1S(=O)(=O)c1ccccc1. The molecule has 0 aliphatic heterocycles. The van der Waals surface area contributed by atoms with Crippen molar-refractivity contribution in [1.29, 1.82) is 0 Å². The molecule has 0 bridgehead atoms. The number of aliphatic carboxylic acids is 1. The minimum atomic E-state index is -3.70. The van der Waals surface area contributed by atoms with Crippen LogP contribution >= 0.6 is 0 Å². The maximum absolute atomic E-state index is 12.7. The normalized spacial score (nSPS) is 11.1. The number of benzene rings is 2. The lowest BCUT2D eigenvalue weighted by Gasteiger charge is -2.14. The van der Waals surface area contributed by atoms with Gasteiger partial charge in [0.15, 0.2) is 0 Å². The molecule has 110 valence electrons. The van der Waals surface area contributed by atoms with Gasteiger partial charge in [0.2, 0.25) is 9.84 Å². The van der Waals surface area contributed by atoms with Crippen LogP contribution in [0.15, 0.2) is 58.3 Å². The molecule has 0 heterocycles. The molecule has 0 unspecified atom stereocenters. The molecule has 0 fully saturated rings. The van der Waals surface area contributed by atoms with Crippen molar-refractivity contribution >= 4 is 21.5 Å². The van der Waals surface area contributed by atoms with Crippen LogP contribution in [0.25, 0.3) is 0 Å². The number of aryl methyl sites for hydroxylation is 1. The first-order chi connectivity index (χ1) is 9.93. The molecule has 0 amide bonds. The molecule has 6 heteroatoms. The molecule has 2 N–H and O–H groups in total. The number of rotatable bonds is 5. The van der Waals surface area contributed by atoms with Crippen LogP contribution in [-0.4, -0.2) is 26.0 Å². The van der Waals surface area contributed by atoms with Crippen LogP contribution in [0.5, 0.6) is 0 Å². The molecule has 5 nitrogen and oxygen atoms in total. The van der Waals surface area contributed by atoms with E-state index in [-0.39, 0.29) is 16.3 Å². The van der Waals surface area contributed by atoms with Crippen molar-refractivity contribution in [2.45, 2.75) is 16.7 Å². The fourth-order valence-corrected chi connectivity index (χ4v) is 3.71. The van der Waals surface area contributed by atoms with Crippen molar-refractivity contribution in [1.82, 2.24) is 0 Å². The fourth-order valence-electron chi connectivity index (χ4n) is 2.04. The fraction of sp³-hybridized carbons (Fsp3) is 0.133. The summed E-state index contributed by atoms with van der Waals surface area (Å²) in [4.78, 5) is 11.0. The first-order valence-corrected chi connectivity index (χ1v) is 7.76. The van der Waals surface area contributed by atoms with Gasteiger partial charge in [-0.2, -0.15) is 0 Å². The smallest absolute Gasteiger partial charge is 0.322 e. The van der Waals surface area contributed by atoms with Crippen LogP contribution in [0, 0.1) is 6.92 Å². The Morgan fingerprint density at radius 1 is 1.10 bits per heavy atom. The summed E-state index contributed by atoms with van der Waals surface area (Å²) in [5.41, 5.74) is 0.857. The van der Waals surface area contributed by atoms with Gasteiger partial charge in [-0.15, -0.1) is 0 Å². The van der Waals surface area contributed by atoms with Crippen LogP contribution < -0.4 is 5.32 Å². The molecule has 0 aliphatic rings. The maximum atomic E-state index is 12.7. The lowest BCUT2D eigenvalue weighted by Crippen LogP contribution is -2.15. The number of nitrogens with one attached hydrogen (secondary N) is 1. The van der Waals surface area contributed by atoms with Crippen LogP contribution in [0.1, 0.15) is 5.56 Å². The molecule has 2 aromatic rings. The quantitative estimate of drug-likeness (QED) is 0.885. The molecule has 0 saturated heterocycles. The van der Waals surface area contributed by atoms with E-state index in [4.69, 9.17) is 5.11 Å². The van der Waals surface area contributed by atoms with E-state index in [0.717, 1.165) is 0 Å². The lowest BCUT2D eigenvalue weighted by atomic mass is 10.2. The van der Waals surface area contributed by atoms with Crippen LogP contribution in [0.2, 0.25) is 0 Å². The summed E-state index contributed by atoms with van der Waals surface area (Å²) in [7, 11) is -3.70. The summed E-state index contributed by atoms with van der Waals surface area (Å²) >= 11 is 0. The summed E-state index contributed by atoms with van der Waals surface area (Å²) in [6.07, 6.45) is 0. The van der Waals surface area contributed by atoms with Gasteiger partial charge in [0, 0.05) is 0 Å². The molecule has 0 radical (unpaired) electrons. The van der Waals surface area contributed by atoms with Gasteiger partial charge in [0.25, 0.3) is 0 Å².